The van der Waals surface area contributed by atoms with Gasteiger partial charge in [0.1, 0.15) is 17.7 Å². The van der Waals surface area contributed by atoms with E-state index in [0.29, 0.717) is 17.2 Å². The maximum absolute atomic E-state index is 14.0. The van der Waals surface area contributed by atoms with Crippen molar-refractivity contribution in [3.63, 3.8) is 0 Å². The van der Waals surface area contributed by atoms with Crippen molar-refractivity contribution in [3.05, 3.63) is 65.0 Å². The van der Waals surface area contributed by atoms with E-state index in [-0.39, 0.29) is 5.56 Å². The summed E-state index contributed by atoms with van der Waals surface area (Å²) in [6.45, 7) is 4.30. The molecule has 0 heterocycles. The zero-order valence-corrected chi connectivity index (χ0v) is 12.6. The molecule has 0 spiro atoms. The van der Waals surface area contributed by atoms with Gasteiger partial charge in [0, 0.05) is 11.6 Å². The average Bonchev–Trinajstić information content (AvgIpc) is 2.53. The van der Waals surface area contributed by atoms with Gasteiger partial charge in [-0.25, -0.2) is 4.39 Å². The van der Waals surface area contributed by atoms with Gasteiger partial charge in [0.25, 0.3) is 0 Å². The Morgan fingerprint density at radius 3 is 2.24 bits per heavy atom. The number of benzene rings is 2. The van der Waals surface area contributed by atoms with Crippen LogP contribution < -0.4 is 4.74 Å². The lowest BCUT2D eigenvalue weighted by Crippen LogP contribution is -2.03. The van der Waals surface area contributed by atoms with Crippen LogP contribution in [0.1, 0.15) is 49.0 Å². The molecule has 0 amide bonds. The van der Waals surface area contributed by atoms with Crippen LogP contribution in [-0.4, -0.2) is 12.2 Å². The Morgan fingerprint density at radius 1 is 1.10 bits per heavy atom. The van der Waals surface area contributed by atoms with Crippen molar-refractivity contribution >= 4 is 0 Å². The van der Waals surface area contributed by atoms with Crippen molar-refractivity contribution in [1.82, 2.24) is 0 Å². The summed E-state index contributed by atoms with van der Waals surface area (Å²) in [4.78, 5) is 0. The van der Waals surface area contributed by atoms with Gasteiger partial charge >= 0.3 is 0 Å². The Kier molecular flexibility index (Phi) is 4.97. The van der Waals surface area contributed by atoms with Gasteiger partial charge < -0.3 is 9.84 Å². The van der Waals surface area contributed by atoms with Crippen LogP contribution in [0, 0.1) is 5.82 Å². The lowest BCUT2D eigenvalue weighted by atomic mass is 9.95. The fourth-order valence-electron chi connectivity index (χ4n) is 2.28. The Morgan fingerprint density at radius 2 is 1.71 bits per heavy atom. The lowest BCUT2D eigenvalue weighted by molar-refractivity contribution is 0.214. The third-order valence-electron chi connectivity index (χ3n) is 3.94. The van der Waals surface area contributed by atoms with Crippen LogP contribution in [0.25, 0.3) is 0 Å². The highest BCUT2D eigenvalue weighted by atomic mass is 19.1. The van der Waals surface area contributed by atoms with E-state index in [1.807, 2.05) is 24.3 Å². The van der Waals surface area contributed by atoms with Gasteiger partial charge in [0.05, 0.1) is 7.11 Å². The molecule has 1 N–H and O–H groups in total. The number of halogens is 1. The Hall–Kier alpha value is -1.87. The molecule has 0 bridgehead atoms. The van der Waals surface area contributed by atoms with Crippen LogP contribution in [0.5, 0.6) is 5.75 Å². The predicted octanol–water partition coefficient (Wildman–Crippen LogP) is 4.43. The predicted molar refractivity (Wildman–Crippen MR) is 82.2 cm³/mol. The van der Waals surface area contributed by atoms with Crippen LogP contribution in [0.15, 0.2) is 42.5 Å². The van der Waals surface area contributed by atoms with E-state index >= 15 is 0 Å². The molecule has 0 aliphatic rings. The van der Waals surface area contributed by atoms with Crippen molar-refractivity contribution in [2.75, 3.05) is 7.11 Å². The molecule has 2 aromatic rings. The molecule has 0 radical (unpaired) electrons. The van der Waals surface area contributed by atoms with Crippen LogP contribution in [-0.2, 0) is 0 Å². The summed E-state index contributed by atoms with van der Waals surface area (Å²) in [6, 6.07) is 12.2. The first-order chi connectivity index (χ1) is 10.1. The minimum atomic E-state index is -0.970. The van der Waals surface area contributed by atoms with Crippen LogP contribution in [0.3, 0.4) is 0 Å². The Bertz CT molecular complexity index is 593. The van der Waals surface area contributed by atoms with Crippen LogP contribution in [0.4, 0.5) is 4.39 Å². The molecule has 0 fully saturated rings. The van der Waals surface area contributed by atoms with Gasteiger partial charge in [-0.3, -0.25) is 0 Å². The summed E-state index contributed by atoms with van der Waals surface area (Å²) >= 11 is 0. The number of hydrogen-bond acceptors (Lipinski definition) is 2. The summed E-state index contributed by atoms with van der Waals surface area (Å²) in [5, 5.41) is 10.3. The van der Waals surface area contributed by atoms with Crippen molar-refractivity contribution in [1.29, 1.82) is 0 Å². The molecule has 2 aromatic carbocycles. The maximum Gasteiger partial charge on any atom is 0.133 e. The van der Waals surface area contributed by atoms with Gasteiger partial charge in [-0.1, -0.05) is 38.1 Å². The minimum absolute atomic E-state index is 0.257. The van der Waals surface area contributed by atoms with Crippen molar-refractivity contribution in [3.8, 4) is 5.75 Å². The quantitative estimate of drug-likeness (QED) is 0.882. The van der Waals surface area contributed by atoms with Crippen molar-refractivity contribution in [2.24, 2.45) is 0 Å². The molecule has 2 atom stereocenters. The molecular weight excluding hydrogens is 267 g/mol. The molecule has 3 heteroatoms. The number of hydrogen-bond donors (Lipinski definition) is 1. The smallest absolute Gasteiger partial charge is 0.133 e. The normalized spacial score (nSPS) is 13.8. The number of methoxy groups -OCH3 is 1. The highest BCUT2D eigenvalue weighted by Crippen LogP contribution is 2.28. The van der Waals surface area contributed by atoms with E-state index in [2.05, 4.69) is 13.8 Å². The van der Waals surface area contributed by atoms with Gasteiger partial charge in [0.15, 0.2) is 0 Å². The molecule has 2 nitrogen and oxygen atoms in total. The number of aliphatic hydroxyl groups excluding tert-OH is 1. The molecule has 0 aromatic heterocycles. The fourth-order valence-corrected chi connectivity index (χ4v) is 2.28. The van der Waals surface area contributed by atoms with E-state index in [0.717, 1.165) is 6.42 Å². The van der Waals surface area contributed by atoms with Crippen molar-refractivity contribution < 1.29 is 14.2 Å². The van der Waals surface area contributed by atoms with Gasteiger partial charge in [-0.2, -0.15) is 0 Å². The lowest BCUT2D eigenvalue weighted by Gasteiger charge is -2.15. The first kappa shape index (κ1) is 15.5. The van der Waals surface area contributed by atoms with E-state index in [4.69, 9.17) is 4.74 Å². The molecule has 21 heavy (non-hydrogen) atoms. The zero-order chi connectivity index (χ0) is 15.4. The van der Waals surface area contributed by atoms with Gasteiger partial charge in [0.2, 0.25) is 0 Å². The first-order valence-electron chi connectivity index (χ1n) is 7.18. The molecular formula is C18H21FO2. The topological polar surface area (TPSA) is 29.5 Å². The second-order valence-electron chi connectivity index (χ2n) is 5.27. The standard InChI is InChI=1S/C18H21FO2/c1-4-12(2)13-5-7-14(8-6-13)18(20)16-10-9-15(21-3)11-17(16)19/h5-12,18,20H,4H2,1-3H3. The summed E-state index contributed by atoms with van der Waals surface area (Å²) in [5.41, 5.74) is 2.17. The summed E-state index contributed by atoms with van der Waals surface area (Å²) in [7, 11) is 1.48. The molecule has 0 aliphatic carbocycles. The molecule has 2 rings (SSSR count). The van der Waals surface area contributed by atoms with Gasteiger partial charge in [-0.05, 0) is 35.6 Å². The first-order valence-corrected chi connectivity index (χ1v) is 7.18. The highest BCUT2D eigenvalue weighted by Gasteiger charge is 2.16. The molecule has 2 unspecified atom stereocenters. The summed E-state index contributed by atoms with van der Waals surface area (Å²) in [6.07, 6.45) is 0.0940. The molecule has 112 valence electrons. The van der Waals surface area contributed by atoms with E-state index in [9.17, 15) is 9.50 Å². The molecule has 0 aliphatic heterocycles. The second kappa shape index (κ2) is 6.72. The largest absolute Gasteiger partial charge is 0.497 e. The summed E-state index contributed by atoms with van der Waals surface area (Å²) < 4.78 is 19.0. The van der Waals surface area contributed by atoms with E-state index in [1.54, 1.807) is 12.1 Å². The maximum atomic E-state index is 14.0. The van der Waals surface area contributed by atoms with E-state index < -0.39 is 11.9 Å². The molecule has 0 saturated carbocycles. The summed E-state index contributed by atoms with van der Waals surface area (Å²) in [5.74, 6) is 0.456. The number of aliphatic hydroxyl groups is 1. The zero-order valence-electron chi connectivity index (χ0n) is 12.6. The second-order valence-corrected chi connectivity index (χ2v) is 5.27. The third kappa shape index (κ3) is 3.42. The van der Waals surface area contributed by atoms with Crippen LogP contribution in [0.2, 0.25) is 0 Å². The average molecular weight is 288 g/mol. The third-order valence-corrected chi connectivity index (χ3v) is 3.94. The number of ether oxygens (including phenoxy) is 1. The fraction of sp³-hybridized carbons (Fsp3) is 0.333. The van der Waals surface area contributed by atoms with Gasteiger partial charge in [-0.15, -0.1) is 0 Å². The number of rotatable bonds is 5. The monoisotopic (exact) mass is 288 g/mol. The Balaban J connectivity index is 2.25. The van der Waals surface area contributed by atoms with Crippen LogP contribution >= 0.6 is 0 Å². The SMILES string of the molecule is CCC(C)c1ccc(C(O)c2ccc(OC)cc2F)cc1. The Labute approximate surface area is 125 Å². The van der Waals surface area contributed by atoms with Crippen molar-refractivity contribution in [2.45, 2.75) is 32.3 Å². The minimum Gasteiger partial charge on any atom is -0.497 e. The van der Waals surface area contributed by atoms with E-state index in [1.165, 1.54) is 18.7 Å². The molecule has 0 saturated heterocycles. The highest BCUT2D eigenvalue weighted by molar-refractivity contribution is 5.36.